The van der Waals surface area contributed by atoms with E-state index < -0.39 is 18.0 Å². The fourth-order valence-electron chi connectivity index (χ4n) is 2.52. The van der Waals surface area contributed by atoms with Crippen molar-refractivity contribution in [1.29, 1.82) is 0 Å². The molecule has 0 bridgehead atoms. The minimum absolute atomic E-state index is 0. The Morgan fingerprint density at radius 3 is 1.58 bits per heavy atom. The molecule has 0 aliphatic rings. The Kier molecular flexibility index (Phi) is 6.53. The summed E-state index contributed by atoms with van der Waals surface area (Å²) in [5, 5.41) is 3.16. The number of hydrogen-bond acceptors (Lipinski definition) is 3. The molecule has 0 unspecified atom stereocenters. The average Bonchev–Trinajstić information content (AvgIpc) is 2.57. The fourth-order valence-corrected chi connectivity index (χ4v) is 5.75. The van der Waals surface area contributed by atoms with E-state index in [9.17, 15) is 13.0 Å². The van der Waals surface area contributed by atoms with Gasteiger partial charge in [-0.3, -0.25) is 0 Å². The molecule has 3 rings (SSSR count). The van der Waals surface area contributed by atoms with Crippen LogP contribution in [-0.2, 0) is 32.5 Å². The van der Waals surface area contributed by atoms with Gasteiger partial charge in [0.2, 0.25) is 0 Å². The first-order valence-electron chi connectivity index (χ1n) is 7.10. The molecular weight excluding hydrogens is 524 g/mol. The summed E-state index contributed by atoms with van der Waals surface area (Å²) < 4.78 is 34.0. The molecule has 3 aromatic carbocycles. The van der Waals surface area contributed by atoms with Crippen LogP contribution in [0.4, 0.5) is 0 Å². The number of hydrogen-bond donors (Lipinski definition) is 0. The third kappa shape index (κ3) is 4.42. The van der Waals surface area contributed by atoms with Crippen LogP contribution < -0.4 is 15.9 Å². The Morgan fingerprint density at radius 1 is 0.667 bits per heavy atom. The molecule has 0 fully saturated rings. The molecule has 0 radical (unpaired) electrons. The van der Waals surface area contributed by atoms with Crippen LogP contribution in [0, 0.1) is 0 Å². The van der Waals surface area contributed by atoms with Crippen LogP contribution in [0.1, 0.15) is 0 Å². The van der Waals surface area contributed by atoms with Gasteiger partial charge in [-0.15, -0.1) is 0 Å². The molecule has 0 saturated heterocycles. The van der Waals surface area contributed by atoms with Gasteiger partial charge in [-0.05, 0) is 42.5 Å². The van der Waals surface area contributed by atoms with Crippen molar-refractivity contribution in [2.24, 2.45) is 0 Å². The van der Waals surface area contributed by atoms with E-state index in [1.54, 1.807) is 6.07 Å². The standard InChI is InChI=1S/C18H15O3PS.Au/c19-23(20,21)18-13-7-12-17(14-18)22(15-8-3-1-4-9-15)16-10-5-2-6-11-16;/h1-14H,(H,19,20,21);/q;+1. The van der Waals surface area contributed by atoms with Gasteiger partial charge < -0.3 is 4.55 Å². The van der Waals surface area contributed by atoms with Crippen LogP contribution in [0.15, 0.2) is 89.8 Å². The molecule has 3 nitrogen and oxygen atoms in total. The molecule has 0 saturated carbocycles. The first-order valence-corrected chi connectivity index (χ1v) is 10.0. The Bertz CT molecular complexity index is 860. The Hall–Kier alpha value is -1.26. The summed E-state index contributed by atoms with van der Waals surface area (Å²) in [6.45, 7) is 0. The zero-order valence-corrected chi connectivity index (χ0v) is 16.5. The second kappa shape index (κ2) is 8.21. The normalized spacial score (nSPS) is 11.1. The molecule has 0 N–H and O–H groups in total. The van der Waals surface area contributed by atoms with Gasteiger partial charge in [0.25, 0.3) is 0 Å². The third-order valence-electron chi connectivity index (χ3n) is 3.54. The quantitative estimate of drug-likeness (QED) is 0.290. The molecule has 0 amide bonds. The van der Waals surface area contributed by atoms with Crippen LogP contribution in [0.2, 0.25) is 0 Å². The van der Waals surface area contributed by atoms with Gasteiger partial charge in [-0.2, -0.15) is 0 Å². The summed E-state index contributed by atoms with van der Waals surface area (Å²) in [5.41, 5.74) is 0. The molecule has 6 heteroatoms. The van der Waals surface area contributed by atoms with Gasteiger partial charge in [0, 0.05) is 0 Å². The van der Waals surface area contributed by atoms with Gasteiger partial charge in [-0.1, -0.05) is 42.5 Å². The minimum Gasteiger partial charge on any atom is -0.744 e. The summed E-state index contributed by atoms with van der Waals surface area (Å²) in [6, 6.07) is 26.3. The molecule has 0 spiro atoms. The molecule has 0 aliphatic heterocycles. The van der Waals surface area contributed by atoms with E-state index >= 15 is 0 Å². The van der Waals surface area contributed by atoms with Crippen LogP contribution in [0.5, 0.6) is 0 Å². The SMILES string of the molecule is O=S(=O)([O-])c1cccc([PH+](c2ccccc2)c2ccccc2)c1.[Au+]. The molecule has 24 heavy (non-hydrogen) atoms. The van der Waals surface area contributed by atoms with Crippen LogP contribution >= 0.6 is 7.92 Å². The maximum Gasteiger partial charge on any atom is 1.00 e. The Balaban J connectivity index is 0.00000208. The average molecular weight is 539 g/mol. The predicted molar refractivity (Wildman–Crippen MR) is 94.5 cm³/mol. The summed E-state index contributed by atoms with van der Waals surface area (Å²) in [4.78, 5) is -0.177. The van der Waals surface area contributed by atoms with Gasteiger partial charge in [0.05, 0.1) is 12.8 Å². The molecule has 0 aromatic heterocycles. The summed E-state index contributed by atoms with van der Waals surface area (Å²) >= 11 is 0. The van der Waals surface area contributed by atoms with E-state index in [0.29, 0.717) is 0 Å². The van der Waals surface area contributed by atoms with E-state index in [1.807, 2.05) is 66.7 Å². The first kappa shape index (κ1) is 19.1. The van der Waals surface area contributed by atoms with Gasteiger partial charge >= 0.3 is 22.4 Å². The maximum absolute atomic E-state index is 11.3. The van der Waals surface area contributed by atoms with Crippen molar-refractivity contribution >= 4 is 34.0 Å². The van der Waals surface area contributed by atoms with Crippen molar-refractivity contribution in [1.82, 2.24) is 0 Å². The minimum atomic E-state index is -4.46. The van der Waals surface area contributed by atoms with Crippen molar-refractivity contribution in [2.75, 3.05) is 0 Å². The predicted octanol–water partition coefficient (Wildman–Crippen LogP) is 2.08. The Morgan fingerprint density at radius 2 is 1.12 bits per heavy atom. The number of rotatable bonds is 4. The zero-order chi connectivity index (χ0) is 16.3. The first-order chi connectivity index (χ1) is 11.1. The van der Waals surface area contributed by atoms with E-state index in [-0.39, 0.29) is 27.3 Å². The second-order valence-electron chi connectivity index (χ2n) is 5.09. The topological polar surface area (TPSA) is 57.2 Å². The van der Waals surface area contributed by atoms with Crippen LogP contribution in [0.3, 0.4) is 0 Å². The Labute approximate surface area is 158 Å². The molecule has 3 aromatic rings. The number of benzene rings is 3. The van der Waals surface area contributed by atoms with Crippen molar-refractivity contribution in [3.8, 4) is 0 Å². The van der Waals surface area contributed by atoms with Crippen LogP contribution in [-0.4, -0.2) is 13.0 Å². The molecule has 126 valence electrons. The van der Waals surface area contributed by atoms with Crippen LogP contribution in [0.25, 0.3) is 0 Å². The second-order valence-corrected chi connectivity index (χ2v) is 8.95. The fraction of sp³-hybridized carbons (Fsp3) is 0. The molecule has 0 aliphatic carbocycles. The van der Waals surface area contributed by atoms with E-state index in [4.69, 9.17) is 0 Å². The monoisotopic (exact) mass is 539 g/mol. The van der Waals surface area contributed by atoms with E-state index in [1.165, 1.54) is 12.1 Å². The largest absolute Gasteiger partial charge is 1.00 e. The zero-order valence-electron chi connectivity index (χ0n) is 12.5. The smallest absolute Gasteiger partial charge is 0.744 e. The molecule has 0 atom stereocenters. The summed E-state index contributed by atoms with van der Waals surface area (Å²) in [6.07, 6.45) is 0. The van der Waals surface area contributed by atoms with Crippen molar-refractivity contribution in [2.45, 2.75) is 4.90 Å². The van der Waals surface area contributed by atoms with Crippen molar-refractivity contribution in [3.63, 3.8) is 0 Å². The molecular formula is C18H15AuO3PS+. The van der Waals surface area contributed by atoms with Crippen molar-refractivity contribution < 1.29 is 35.4 Å². The van der Waals surface area contributed by atoms with Gasteiger partial charge in [0.15, 0.2) is 0 Å². The van der Waals surface area contributed by atoms with Crippen molar-refractivity contribution in [3.05, 3.63) is 84.9 Å². The maximum atomic E-state index is 11.3. The van der Waals surface area contributed by atoms with Gasteiger partial charge in [0.1, 0.15) is 26.0 Å². The van der Waals surface area contributed by atoms with Gasteiger partial charge in [-0.25, -0.2) is 8.42 Å². The summed E-state index contributed by atoms with van der Waals surface area (Å²) in [5.74, 6) is 0. The van der Waals surface area contributed by atoms with E-state index in [2.05, 4.69) is 0 Å². The summed E-state index contributed by atoms with van der Waals surface area (Å²) in [7, 11) is -5.82. The third-order valence-corrected chi connectivity index (χ3v) is 7.08. The van der Waals surface area contributed by atoms with E-state index in [0.717, 1.165) is 15.9 Å². The molecule has 0 heterocycles.